The van der Waals surface area contributed by atoms with Crippen LogP contribution in [0, 0.1) is 0 Å². The molecule has 0 aromatic carbocycles. The summed E-state index contributed by atoms with van der Waals surface area (Å²) in [6, 6.07) is 0. The first-order valence-corrected chi connectivity index (χ1v) is 4.33. The van der Waals surface area contributed by atoms with Gasteiger partial charge in [-0.25, -0.2) is 0 Å². The Labute approximate surface area is 70.3 Å². The van der Waals surface area contributed by atoms with Crippen molar-refractivity contribution in [1.82, 2.24) is 5.32 Å². The van der Waals surface area contributed by atoms with Gasteiger partial charge in [0, 0.05) is 16.7 Å². The number of hydrogen-bond donors (Lipinski definition) is 1. The van der Waals surface area contributed by atoms with Crippen molar-refractivity contribution in [2.45, 2.75) is 20.3 Å². The molecule has 56 valence electrons. The Morgan fingerprint density at radius 1 is 1.70 bits per heavy atom. The number of halogens is 1. The maximum Gasteiger partial charge on any atom is 0.0362 e. The molecule has 1 heterocycles. The van der Waals surface area contributed by atoms with Gasteiger partial charge in [0.2, 0.25) is 0 Å². The summed E-state index contributed by atoms with van der Waals surface area (Å²) in [6.45, 7) is 5.26. The lowest BCUT2D eigenvalue weighted by Crippen LogP contribution is -2.18. The minimum absolute atomic E-state index is 1.01. The third kappa shape index (κ3) is 1.63. The van der Waals surface area contributed by atoms with E-state index in [1.807, 2.05) is 0 Å². The highest BCUT2D eigenvalue weighted by atomic mass is 79.9. The SMILES string of the molecule is CCC1=CC(Br)=C(C)NC1. The molecule has 1 N–H and O–H groups in total. The summed E-state index contributed by atoms with van der Waals surface area (Å²) in [5.74, 6) is 0. The second-order valence-electron chi connectivity index (χ2n) is 2.48. The molecule has 0 amide bonds. The number of allylic oxidation sites excluding steroid dienone is 3. The normalized spacial score (nSPS) is 18.5. The van der Waals surface area contributed by atoms with E-state index < -0.39 is 0 Å². The maximum atomic E-state index is 3.48. The molecule has 0 spiro atoms. The molecule has 0 saturated carbocycles. The van der Waals surface area contributed by atoms with Crippen LogP contribution in [-0.4, -0.2) is 6.54 Å². The summed E-state index contributed by atoms with van der Waals surface area (Å²) in [4.78, 5) is 0. The highest BCUT2D eigenvalue weighted by Gasteiger charge is 2.04. The second-order valence-corrected chi connectivity index (χ2v) is 3.34. The zero-order valence-corrected chi connectivity index (χ0v) is 7.96. The minimum atomic E-state index is 1.01. The zero-order valence-electron chi connectivity index (χ0n) is 6.37. The molecule has 0 bridgehead atoms. The van der Waals surface area contributed by atoms with Crippen LogP contribution in [0.25, 0.3) is 0 Å². The first kappa shape index (κ1) is 7.86. The van der Waals surface area contributed by atoms with Crippen molar-refractivity contribution in [3.63, 3.8) is 0 Å². The maximum absolute atomic E-state index is 3.48. The lowest BCUT2D eigenvalue weighted by Gasteiger charge is -2.15. The summed E-state index contributed by atoms with van der Waals surface area (Å²) >= 11 is 3.48. The molecule has 0 aromatic rings. The van der Waals surface area contributed by atoms with Gasteiger partial charge < -0.3 is 5.32 Å². The van der Waals surface area contributed by atoms with E-state index in [2.05, 4.69) is 41.2 Å². The number of rotatable bonds is 1. The van der Waals surface area contributed by atoms with Crippen LogP contribution in [0.1, 0.15) is 20.3 Å². The van der Waals surface area contributed by atoms with E-state index in [0.717, 1.165) is 13.0 Å². The van der Waals surface area contributed by atoms with Crippen molar-refractivity contribution in [3.05, 3.63) is 21.8 Å². The van der Waals surface area contributed by atoms with Crippen LogP contribution >= 0.6 is 15.9 Å². The third-order valence-corrected chi connectivity index (χ3v) is 2.55. The van der Waals surface area contributed by atoms with Gasteiger partial charge in [0.25, 0.3) is 0 Å². The van der Waals surface area contributed by atoms with E-state index in [4.69, 9.17) is 0 Å². The van der Waals surface area contributed by atoms with Gasteiger partial charge in [-0.1, -0.05) is 12.5 Å². The zero-order chi connectivity index (χ0) is 7.56. The fraction of sp³-hybridized carbons (Fsp3) is 0.500. The van der Waals surface area contributed by atoms with E-state index in [9.17, 15) is 0 Å². The number of hydrogen-bond acceptors (Lipinski definition) is 1. The predicted octanol–water partition coefficient (Wildman–Crippen LogP) is 2.55. The Kier molecular flexibility index (Phi) is 2.55. The molecular weight excluding hydrogens is 190 g/mol. The average molecular weight is 202 g/mol. The molecular formula is C8H12BrN. The summed E-state index contributed by atoms with van der Waals surface area (Å²) in [7, 11) is 0. The van der Waals surface area contributed by atoms with Crippen LogP contribution in [0.2, 0.25) is 0 Å². The Morgan fingerprint density at radius 2 is 2.40 bits per heavy atom. The Hall–Kier alpha value is -0.240. The quantitative estimate of drug-likeness (QED) is 0.688. The van der Waals surface area contributed by atoms with Crippen LogP contribution < -0.4 is 5.32 Å². The Balaban J connectivity index is 2.76. The van der Waals surface area contributed by atoms with Crippen LogP contribution in [0.15, 0.2) is 21.8 Å². The molecule has 0 unspecified atom stereocenters. The predicted molar refractivity (Wildman–Crippen MR) is 48.0 cm³/mol. The van der Waals surface area contributed by atoms with Gasteiger partial charge in [-0.2, -0.15) is 0 Å². The monoisotopic (exact) mass is 201 g/mol. The van der Waals surface area contributed by atoms with Gasteiger partial charge in [0.05, 0.1) is 0 Å². The average Bonchev–Trinajstić information content (AvgIpc) is 1.95. The van der Waals surface area contributed by atoms with Crippen molar-refractivity contribution in [3.8, 4) is 0 Å². The first-order chi connectivity index (χ1) is 4.74. The molecule has 0 atom stereocenters. The number of dihydropyridines is 1. The molecule has 0 aliphatic carbocycles. The van der Waals surface area contributed by atoms with Gasteiger partial charge in [-0.15, -0.1) is 0 Å². The molecule has 1 nitrogen and oxygen atoms in total. The fourth-order valence-corrected chi connectivity index (χ4v) is 1.36. The van der Waals surface area contributed by atoms with Gasteiger partial charge >= 0.3 is 0 Å². The van der Waals surface area contributed by atoms with E-state index in [0.29, 0.717) is 0 Å². The van der Waals surface area contributed by atoms with Crippen LogP contribution in [-0.2, 0) is 0 Å². The summed E-state index contributed by atoms with van der Waals surface area (Å²) in [6.07, 6.45) is 3.33. The van der Waals surface area contributed by atoms with E-state index >= 15 is 0 Å². The van der Waals surface area contributed by atoms with Gasteiger partial charge in [-0.3, -0.25) is 0 Å². The topological polar surface area (TPSA) is 12.0 Å². The fourth-order valence-electron chi connectivity index (χ4n) is 0.896. The molecule has 2 heteroatoms. The largest absolute Gasteiger partial charge is 0.384 e. The molecule has 0 fully saturated rings. The van der Waals surface area contributed by atoms with Crippen LogP contribution in [0.3, 0.4) is 0 Å². The van der Waals surface area contributed by atoms with Crippen molar-refractivity contribution in [2.75, 3.05) is 6.54 Å². The van der Waals surface area contributed by atoms with Crippen molar-refractivity contribution < 1.29 is 0 Å². The van der Waals surface area contributed by atoms with E-state index in [1.165, 1.54) is 15.8 Å². The van der Waals surface area contributed by atoms with Gasteiger partial charge in [-0.05, 0) is 35.4 Å². The molecule has 0 aromatic heterocycles. The second kappa shape index (κ2) is 3.24. The third-order valence-electron chi connectivity index (χ3n) is 1.72. The molecule has 1 aliphatic heterocycles. The summed E-state index contributed by atoms with van der Waals surface area (Å²) in [5.41, 5.74) is 2.69. The number of nitrogens with one attached hydrogen (secondary N) is 1. The smallest absolute Gasteiger partial charge is 0.0362 e. The van der Waals surface area contributed by atoms with Crippen LogP contribution in [0.4, 0.5) is 0 Å². The highest BCUT2D eigenvalue weighted by molar-refractivity contribution is 9.11. The first-order valence-electron chi connectivity index (χ1n) is 3.53. The van der Waals surface area contributed by atoms with Crippen LogP contribution in [0.5, 0.6) is 0 Å². The lowest BCUT2D eigenvalue weighted by molar-refractivity contribution is 0.820. The highest BCUT2D eigenvalue weighted by Crippen LogP contribution is 2.19. The standard InChI is InChI=1S/C8H12BrN/c1-3-7-4-8(9)6(2)10-5-7/h4,10H,3,5H2,1-2H3. The van der Waals surface area contributed by atoms with Crippen molar-refractivity contribution in [2.24, 2.45) is 0 Å². The van der Waals surface area contributed by atoms with Gasteiger partial charge in [0.1, 0.15) is 0 Å². The van der Waals surface area contributed by atoms with Crippen molar-refractivity contribution >= 4 is 15.9 Å². The van der Waals surface area contributed by atoms with Gasteiger partial charge in [0.15, 0.2) is 0 Å². The Morgan fingerprint density at radius 3 is 2.90 bits per heavy atom. The van der Waals surface area contributed by atoms with Crippen molar-refractivity contribution in [1.29, 1.82) is 0 Å². The molecule has 0 radical (unpaired) electrons. The van der Waals surface area contributed by atoms with E-state index in [1.54, 1.807) is 0 Å². The summed E-state index contributed by atoms with van der Waals surface area (Å²) < 4.78 is 1.19. The van der Waals surface area contributed by atoms with E-state index in [-0.39, 0.29) is 0 Å². The molecule has 1 aliphatic rings. The Bertz CT molecular complexity index is 191. The molecule has 1 rings (SSSR count). The summed E-state index contributed by atoms with van der Waals surface area (Å²) in [5, 5.41) is 3.30. The molecule has 10 heavy (non-hydrogen) atoms. The minimum Gasteiger partial charge on any atom is -0.384 e. The lowest BCUT2D eigenvalue weighted by atomic mass is 10.1. The molecule has 0 saturated heterocycles.